The minimum absolute atomic E-state index is 0.0520. The molecule has 1 atom stereocenters. The van der Waals surface area contributed by atoms with Crippen LogP contribution in [0.2, 0.25) is 5.02 Å². The van der Waals surface area contributed by atoms with Gasteiger partial charge in [0.05, 0.1) is 37.8 Å². The standard InChI is InChI=1S/C24H24ClN3O5S/c1-14-18-11-20(33-3)19(32-2)10-15(18)8-9-27(14)23(31)13-34-24-26-21(29)12-22(30)28(24)17-6-4-16(25)5-7-17/h4-7,10-12,14,29H,8-9,13H2,1-3H3/t14-/m1/s1. The lowest BCUT2D eigenvalue weighted by Gasteiger charge is -2.35. The number of aromatic hydroxyl groups is 1. The fraction of sp³-hybridized carbons (Fsp3) is 0.292. The lowest BCUT2D eigenvalue weighted by Crippen LogP contribution is -2.40. The molecule has 2 aromatic carbocycles. The van der Waals surface area contributed by atoms with Crippen LogP contribution in [0.15, 0.2) is 52.4 Å². The van der Waals surface area contributed by atoms with Gasteiger partial charge in [-0.3, -0.25) is 14.2 Å². The number of carbonyl (C=O) groups is 1. The van der Waals surface area contributed by atoms with Crippen molar-refractivity contribution in [2.24, 2.45) is 0 Å². The zero-order valence-electron chi connectivity index (χ0n) is 18.9. The third-order valence-corrected chi connectivity index (χ3v) is 6.96. The Labute approximate surface area is 206 Å². The van der Waals surface area contributed by atoms with Crippen molar-refractivity contribution in [3.05, 3.63) is 69.0 Å². The maximum Gasteiger partial charge on any atom is 0.262 e. The first-order valence-corrected chi connectivity index (χ1v) is 11.9. The molecule has 0 saturated carbocycles. The summed E-state index contributed by atoms with van der Waals surface area (Å²) in [6.45, 7) is 2.53. The minimum atomic E-state index is -0.453. The van der Waals surface area contributed by atoms with E-state index in [2.05, 4.69) is 4.98 Å². The van der Waals surface area contributed by atoms with E-state index >= 15 is 0 Å². The molecule has 178 valence electrons. The zero-order chi connectivity index (χ0) is 24.4. The van der Waals surface area contributed by atoms with Gasteiger partial charge in [0.2, 0.25) is 11.8 Å². The van der Waals surface area contributed by atoms with Crippen LogP contribution in [0.4, 0.5) is 0 Å². The number of fused-ring (bicyclic) bond motifs is 1. The number of amides is 1. The largest absolute Gasteiger partial charge is 0.493 e. The molecular weight excluding hydrogens is 478 g/mol. The summed E-state index contributed by atoms with van der Waals surface area (Å²) in [6, 6.07) is 11.4. The summed E-state index contributed by atoms with van der Waals surface area (Å²) in [7, 11) is 3.18. The first kappa shape index (κ1) is 24.0. The van der Waals surface area contributed by atoms with Crippen LogP contribution in [0.25, 0.3) is 5.69 Å². The quantitative estimate of drug-likeness (QED) is 0.405. The third-order valence-electron chi connectivity index (χ3n) is 5.79. The molecule has 3 aromatic rings. The smallest absolute Gasteiger partial charge is 0.262 e. The Morgan fingerprint density at radius 1 is 1.18 bits per heavy atom. The van der Waals surface area contributed by atoms with Crippen LogP contribution in [-0.4, -0.2) is 52.0 Å². The number of thioether (sulfide) groups is 1. The Bertz CT molecular complexity index is 1280. The van der Waals surface area contributed by atoms with Crippen molar-refractivity contribution in [1.82, 2.24) is 14.5 Å². The first-order valence-electron chi connectivity index (χ1n) is 10.6. The molecule has 0 aliphatic carbocycles. The van der Waals surface area contributed by atoms with Crippen molar-refractivity contribution in [3.63, 3.8) is 0 Å². The van der Waals surface area contributed by atoms with E-state index in [4.69, 9.17) is 21.1 Å². The number of ether oxygens (including phenoxy) is 2. The molecule has 1 aliphatic heterocycles. The summed E-state index contributed by atoms with van der Waals surface area (Å²) in [5.74, 6) is 0.840. The molecule has 0 radical (unpaired) electrons. The second kappa shape index (κ2) is 9.99. The zero-order valence-corrected chi connectivity index (χ0v) is 20.5. The molecule has 1 amide bonds. The highest BCUT2D eigenvalue weighted by Crippen LogP contribution is 2.38. The molecule has 0 saturated heterocycles. The maximum absolute atomic E-state index is 13.2. The van der Waals surface area contributed by atoms with Gasteiger partial charge in [0.25, 0.3) is 5.56 Å². The molecule has 2 heterocycles. The monoisotopic (exact) mass is 501 g/mol. The number of carbonyl (C=O) groups excluding carboxylic acids is 1. The van der Waals surface area contributed by atoms with Gasteiger partial charge in [-0.15, -0.1) is 0 Å². The van der Waals surface area contributed by atoms with E-state index in [0.717, 1.165) is 29.0 Å². The van der Waals surface area contributed by atoms with Crippen molar-refractivity contribution in [2.75, 3.05) is 26.5 Å². The molecular formula is C24H24ClN3O5S. The lowest BCUT2D eigenvalue weighted by molar-refractivity contribution is -0.130. The number of nitrogens with zero attached hydrogens (tertiary/aromatic N) is 3. The van der Waals surface area contributed by atoms with Gasteiger partial charge in [-0.05, 0) is 60.9 Å². The van der Waals surface area contributed by atoms with Crippen molar-refractivity contribution >= 4 is 29.3 Å². The molecule has 0 fully saturated rings. The number of rotatable bonds is 6. The van der Waals surface area contributed by atoms with Crippen molar-refractivity contribution in [1.29, 1.82) is 0 Å². The van der Waals surface area contributed by atoms with Crippen LogP contribution >= 0.6 is 23.4 Å². The predicted octanol–water partition coefficient (Wildman–Crippen LogP) is 3.85. The van der Waals surface area contributed by atoms with Gasteiger partial charge < -0.3 is 19.5 Å². The van der Waals surface area contributed by atoms with Crippen LogP contribution in [0.5, 0.6) is 17.4 Å². The Hall–Kier alpha value is -3.17. The van der Waals surface area contributed by atoms with Gasteiger partial charge in [-0.1, -0.05) is 23.4 Å². The molecule has 10 heteroatoms. The molecule has 0 bridgehead atoms. The summed E-state index contributed by atoms with van der Waals surface area (Å²) in [5.41, 5.74) is 2.22. The molecule has 0 spiro atoms. The van der Waals surface area contributed by atoms with Crippen LogP contribution < -0.4 is 15.0 Å². The van der Waals surface area contributed by atoms with Gasteiger partial charge in [-0.25, -0.2) is 0 Å². The predicted molar refractivity (Wildman–Crippen MR) is 131 cm³/mol. The molecule has 1 aromatic heterocycles. The first-order chi connectivity index (χ1) is 16.3. The van der Waals surface area contributed by atoms with E-state index in [1.165, 1.54) is 4.57 Å². The van der Waals surface area contributed by atoms with Gasteiger partial charge >= 0.3 is 0 Å². The van der Waals surface area contributed by atoms with Gasteiger partial charge in [-0.2, -0.15) is 4.98 Å². The average molecular weight is 502 g/mol. The normalized spacial score (nSPS) is 15.1. The summed E-state index contributed by atoms with van der Waals surface area (Å²) in [4.78, 5) is 31.7. The number of hydrogen-bond acceptors (Lipinski definition) is 7. The molecule has 8 nitrogen and oxygen atoms in total. The van der Waals surface area contributed by atoms with E-state index < -0.39 is 11.4 Å². The van der Waals surface area contributed by atoms with E-state index in [0.29, 0.717) is 35.2 Å². The Kier molecular flexibility index (Phi) is 7.04. The second-order valence-corrected chi connectivity index (χ2v) is 9.13. The van der Waals surface area contributed by atoms with Gasteiger partial charge in [0.1, 0.15) is 0 Å². The molecule has 0 unspecified atom stereocenters. The van der Waals surface area contributed by atoms with Crippen molar-refractivity contribution in [2.45, 2.75) is 24.5 Å². The van der Waals surface area contributed by atoms with Crippen molar-refractivity contribution in [3.8, 4) is 23.1 Å². The minimum Gasteiger partial charge on any atom is -0.493 e. The van der Waals surface area contributed by atoms with Crippen molar-refractivity contribution < 1.29 is 19.4 Å². The number of hydrogen-bond donors (Lipinski definition) is 1. The van der Waals surface area contributed by atoms with E-state index in [1.807, 2.05) is 19.1 Å². The van der Waals surface area contributed by atoms with Crippen LogP contribution in [0.1, 0.15) is 24.1 Å². The number of halogens is 1. The highest BCUT2D eigenvalue weighted by atomic mass is 35.5. The molecule has 1 N–H and O–H groups in total. The summed E-state index contributed by atoms with van der Waals surface area (Å²) >= 11 is 7.06. The Morgan fingerprint density at radius 2 is 1.85 bits per heavy atom. The summed E-state index contributed by atoms with van der Waals surface area (Å²) < 4.78 is 12.2. The molecule has 1 aliphatic rings. The maximum atomic E-state index is 13.2. The second-order valence-electron chi connectivity index (χ2n) is 7.75. The van der Waals surface area contributed by atoms with Crippen LogP contribution in [0, 0.1) is 0 Å². The number of aromatic nitrogens is 2. The summed E-state index contributed by atoms with van der Waals surface area (Å²) in [5, 5.41) is 10.6. The Morgan fingerprint density at radius 3 is 2.53 bits per heavy atom. The highest BCUT2D eigenvalue weighted by Gasteiger charge is 2.29. The lowest BCUT2D eigenvalue weighted by atomic mass is 9.93. The fourth-order valence-electron chi connectivity index (χ4n) is 4.07. The van der Waals surface area contributed by atoms with Gasteiger partial charge in [0.15, 0.2) is 16.7 Å². The average Bonchev–Trinajstić information content (AvgIpc) is 2.82. The third kappa shape index (κ3) is 4.71. The van der Waals surface area contributed by atoms with E-state index in [-0.39, 0.29) is 22.9 Å². The van der Waals surface area contributed by atoms with Gasteiger partial charge in [0, 0.05) is 11.6 Å². The van der Waals surface area contributed by atoms with Crippen LogP contribution in [0.3, 0.4) is 0 Å². The van der Waals surface area contributed by atoms with Crippen LogP contribution in [-0.2, 0) is 11.2 Å². The Balaban J connectivity index is 1.56. The van der Waals surface area contributed by atoms with E-state index in [9.17, 15) is 14.7 Å². The summed E-state index contributed by atoms with van der Waals surface area (Å²) in [6.07, 6.45) is 0.691. The molecule has 34 heavy (non-hydrogen) atoms. The number of methoxy groups -OCH3 is 2. The highest BCUT2D eigenvalue weighted by molar-refractivity contribution is 7.99. The fourth-order valence-corrected chi connectivity index (χ4v) is 5.10. The van der Waals surface area contributed by atoms with E-state index in [1.54, 1.807) is 43.4 Å². The topological polar surface area (TPSA) is 93.9 Å². The SMILES string of the molecule is COc1cc2c(cc1OC)[C@@H](C)N(C(=O)CSc1nc(O)cc(=O)n1-c1ccc(Cl)cc1)CC2. The molecule has 4 rings (SSSR count). The number of benzene rings is 2.